The summed E-state index contributed by atoms with van der Waals surface area (Å²) < 4.78 is 1.71. The fraction of sp³-hybridized carbons (Fsp3) is 0.357. The van der Waals surface area contributed by atoms with E-state index in [1.807, 2.05) is 30.5 Å². The summed E-state index contributed by atoms with van der Waals surface area (Å²) in [5.74, 6) is -0.0982. The monoisotopic (exact) mass is 289 g/mol. The first-order valence-electron chi connectivity index (χ1n) is 6.79. The molecule has 0 aliphatic carbocycles. The highest BCUT2D eigenvalue weighted by Gasteiger charge is 2.02. The van der Waals surface area contributed by atoms with Crippen molar-refractivity contribution in [1.82, 2.24) is 15.0 Å². The van der Waals surface area contributed by atoms with Crippen molar-refractivity contribution in [2.24, 2.45) is 0 Å². The van der Waals surface area contributed by atoms with Crippen LogP contribution in [0, 0.1) is 0 Å². The summed E-state index contributed by atoms with van der Waals surface area (Å²) in [4.78, 5) is 11.0. The van der Waals surface area contributed by atoms with Crippen LogP contribution in [0.1, 0.15) is 19.0 Å². The van der Waals surface area contributed by atoms with E-state index >= 15 is 0 Å². The van der Waals surface area contributed by atoms with E-state index in [1.54, 1.807) is 4.68 Å². The Balaban J connectivity index is 1.90. The van der Waals surface area contributed by atoms with Gasteiger partial charge in [0.2, 0.25) is 5.91 Å². The van der Waals surface area contributed by atoms with Gasteiger partial charge in [0.15, 0.2) is 0 Å². The third-order valence-electron chi connectivity index (χ3n) is 2.79. The predicted molar refractivity (Wildman–Crippen MR) is 79.8 cm³/mol. The van der Waals surface area contributed by atoms with Crippen LogP contribution >= 0.6 is 0 Å². The van der Waals surface area contributed by atoms with E-state index in [0.717, 1.165) is 17.1 Å². The summed E-state index contributed by atoms with van der Waals surface area (Å²) in [5, 5.41) is 22.8. The van der Waals surface area contributed by atoms with Gasteiger partial charge in [-0.1, -0.05) is 11.3 Å². The van der Waals surface area contributed by atoms with Crippen molar-refractivity contribution in [2.75, 3.05) is 17.2 Å². The van der Waals surface area contributed by atoms with Gasteiger partial charge in [0.25, 0.3) is 0 Å². The quantitative estimate of drug-likeness (QED) is 0.713. The topological polar surface area (TPSA) is 92.1 Å². The molecule has 21 heavy (non-hydrogen) atoms. The van der Waals surface area contributed by atoms with Crippen molar-refractivity contribution in [1.29, 1.82) is 0 Å². The number of benzene rings is 1. The normalized spacial score (nSPS) is 10.4. The number of aromatic nitrogens is 3. The van der Waals surface area contributed by atoms with Crippen molar-refractivity contribution < 1.29 is 9.90 Å². The number of hydrogen-bond acceptors (Lipinski definition) is 5. The fourth-order valence-corrected chi connectivity index (χ4v) is 1.86. The predicted octanol–water partition coefficient (Wildman–Crippen LogP) is 1.23. The molecule has 112 valence electrons. The highest BCUT2D eigenvalue weighted by Crippen LogP contribution is 2.15. The summed E-state index contributed by atoms with van der Waals surface area (Å²) >= 11 is 0. The Bertz CT molecular complexity index is 597. The highest BCUT2D eigenvalue weighted by atomic mass is 16.3. The lowest BCUT2D eigenvalue weighted by Gasteiger charge is -2.07. The van der Waals surface area contributed by atoms with Crippen molar-refractivity contribution in [3.05, 3.63) is 36.2 Å². The van der Waals surface area contributed by atoms with Crippen LogP contribution in [0.5, 0.6) is 0 Å². The highest BCUT2D eigenvalue weighted by molar-refractivity contribution is 5.89. The Labute approximate surface area is 123 Å². The second kappa shape index (κ2) is 7.39. The van der Waals surface area contributed by atoms with Crippen molar-refractivity contribution in [3.63, 3.8) is 0 Å². The summed E-state index contributed by atoms with van der Waals surface area (Å²) in [6, 6.07) is 7.47. The average molecular weight is 289 g/mol. The van der Waals surface area contributed by atoms with E-state index in [9.17, 15) is 4.79 Å². The summed E-state index contributed by atoms with van der Waals surface area (Å²) in [7, 11) is 0. The molecule has 0 aliphatic heterocycles. The van der Waals surface area contributed by atoms with Crippen LogP contribution in [0.3, 0.4) is 0 Å². The molecule has 0 atom stereocenters. The molecule has 0 bridgehead atoms. The molecule has 0 saturated heterocycles. The number of nitrogens with zero attached hydrogens (tertiary/aromatic N) is 3. The van der Waals surface area contributed by atoms with E-state index in [4.69, 9.17) is 5.11 Å². The lowest BCUT2D eigenvalue weighted by Crippen LogP contribution is -2.06. The number of amides is 1. The minimum absolute atomic E-state index is 0.0982. The molecule has 2 aromatic rings. The Morgan fingerprint density at radius 2 is 2.19 bits per heavy atom. The fourth-order valence-electron chi connectivity index (χ4n) is 1.86. The molecule has 2 rings (SSSR count). The van der Waals surface area contributed by atoms with Gasteiger partial charge in [0, 0.05) is 31.5 Å². The van der Waals surface area contributed by atoms with E-state index in [1.165, 1.54) is 6.92 Å². The van der Waals surface area contributed by atoms with Crippen molar-refractivity contribution in [2.45, 2.75) is 26.4 Å². The van der Waals surface area contributed by atoms with Gasteiger partial charge in [-0.3, -0.25) is 9.48 Å². The van der Waals surface area contributed by atoms with Gasteiger partial charge in [-0.05, 0) is 24.6 Å². The van der Waals surface area contributed by atoms with E-state index in [2.05, 4.69) is 20.9 Å². The Hall–Kier alpha value is -2.41. The maximum Gasteiger partial charge on any atom is 0.221 e. The van der Waals surface area contributed by atoms with Gasteiger partial charge >= 0.3 is 0 Å². The maximum absolute atomic E-state index is 11.0. The molecule has 0 fully saturated rings. The number of aliphatic hydroxyl groups is 1. The second-order valence-corrected chi connectivity index (χ2v) is 4.67. The van der Waals surface area contributed by atoms with Crippen LogP contribution < -0.4 is 10.6 Å². The maximum atomic E-state index is 11.0. The van der Waals surface area contributed by atoms with Crippen LogP contribution in [0.15, 0.2) is 30.5 Å². The van der Waals surface area contributed by atoms with Crippen LogP contribution in [0.2, 0.25) is 0 Å². The number of rotatable bonds is 7. The molecule has 0 aliphatic rings. The van der Waals surface area contributed by atoms with Gasteiger partial charge in [0.1, 0.15) is 5.69 Å². The molecule has 3 N–H and O–H groups in total. The Kier molecular flexibility index (Phi) is 5.28. The average Bonchev–Trinajstić information content (AvgIpc) is 2.90. The molecule has 1 aromatic heterocycles. The minimum Gasteiger partial charge on any atom is -0.396 e. The first-order chi connectivity index (χ1) is 10.2. The zero-order valence-electron chi connectivity index (χ0n) is 11.9. The van der Waals surface area contributed by atoms with E-state index in [-0.39, 0.29) is 12.5 Å². The lowest BCUT2D eigenvalue weighted by molar-refractivity contribution is -0.114. The first-order valence-corrected chi connectivity index (χ1v) is 6.79. The van der Waals surface area contributed by atoms with Crippen LogP contribution in [0.4, 0.5) is 11.4 Å². The number of carbonyl (C=O) groups is 1. The molecule has 7 nitrogen and oxygen atoms in total. The van der Waals surface area contributed by atoms with Crippen LogP contribution in [0.25, 0.3) is 0 Å². The third-order valence-corrected chi connectivity index (χ3v) is 2.79. The van der Waals surface area contributed by atoms with E-state index < -0.39 is 0 Å². The number of carbonyl (C=O) groups excluding carboxylic acids is 1. The Morgan fingerprint density at radius 3 is 2.95 bits per heavy atom. The molecular formula is C14H19N5O2. The Morgan fingerprint density at radius 1 is 1.38 bits per heavy atom. The first kappa shape index (κ1) is 15.0. The van der Waals surface area contributed by atoms with Gasteiger partial charge in [0.05, 0.1) is 12.7 Å². The van der Waals surface area contributed by atoms with Gasteiger partial charge in [-0.2, -0.15) is 0 Å². The minimum atomic E-state index is -0.0982. The lowest BCUT2D eigenvalue weighted by atomic mass is 10.2. The number of aryl methyl sites for hydroxylation is 1. The third kappa shape index (κ3) is 4.88. The summed E-state index contributed by atoms with van der Waals surface area (Å²) in [6.07, 6.45) is 2.51. The second-order valence-electron chi connectivity index (χ2n) is 4.67. The van der Waals surface area contributed by atoms with Gasteiger partial charge < -0.3 is 15.7 Å². The molecular weight excluding hydrogens is 270 g/mol. The van der Waals surface area contributed by atoms with Gasteiger partial charge in [-0.25, -0.2) is 0 Å². The van der Waals surface area contributed by atoms with Gasteiger partial charge in [-0.15, -0.1) is 5.10 Å². The molecule has 0 radical (unpaired) electrons. The molecule has 0 saturated carbocycles. The van der Waals surface area contributed by atoms with Crippen molar-refractivity contribution in [3.8, 4) is 0 Å². The summed E-state index contributed by atoms with van der Waals surface area (Å²) in [6.45, 7) is 2.82. The molecule has 1 heterocycles. The largest absolute Gasteiger partial charge is 0.396 e. The molecule has 1 aromatic carbocycles. The number of aliphatic hydroxyl groups excluding tert-OH is 1. The summed E-state index contributed by atoms with van der Waals surface area (Å²) in [5.41, 5.74) is 2.46. The van der Waals surface area contributed by atoms with E-state index in [0.29, 0.717) is 19.5 Å². The van der Waals surface area contributed by atoms with Crippen molar-refractivity contribution >= 4 is 17.3 Å². The molecule has 0 spiro atoms. The zero-order chi connectivity index (χ0) is 15.1. The smallest absolute Gasteiger partial charge is 0.221 e. The number of hydrogen-bond donors (Lipinski definition) is 3. The van der Waals surface area contributed by atoms with Crippen LogP contribution in [-0.4, -0.2) is 32.6 Å². The molecule has 1 amide bonds. The number of anilines is 2. The number of nitrogens with one attached hydrogen (secondary N) is 2. The van der Waals surface area contributed by atoms with Crippen LogP contribution in [-0.2, 0) is 17.9 Å². The zero-order valence-corrected chi connectivity index (χ0v) is 11.9. The standard InChI is InChI=1S/C14H19N5O2/c1-11(21)16-13-5-2-4-12(8-13)15-9-14-10-19(18-17-14)6-3-7-20/h2,4-5,8,10,15,20H,3,6-7,9H2,1H3,(H,16,21). The molecule has 7 heteroatoms. The molecule has 0 unspecified atom stereocenters. The SMILES string of the molecule is CC(=O)Nc1cccc(NCc2cn(CCCO)nn2)c1.